The van der Waals surface area contributed by atoms with E-state index >= 15 is 0 Å². The SMILES string of the molecule is CC(=O)Nc1ccc(N=C2NC(=O)/C(=C(\C)c3ccc(N)cc3)S2)cc1. The highest BCUT2D eigenvalue weighted by atomic mass is 32.2. The van der Waals surface area contributed by atoms with E-state index in [0.717, 1.165) is 11.1 Å². The maximum absolute atomic E-state index is 12.3. The van der Waals surface area contributed by atoms with E-state index in [2.05, 4.69) is 15.6 Å². The number of rotatable bonds is 3. The van der Waals surface area contributed by atoms with Crippen LogP contribution in [0.2, 0.25) is 0 Å². The average Bonchev–Trinajstić information content (AvgIpc) is 2.96. The number of aliphatic imine (C=N–C) groups is 1. The third kappa shape index (κ3) is 4.12. The van der Waals surface area contributed by atoms with Crippen LogP contribution in [-0.2, 0) is 9.59 Å². The molecule has 1 aliphatic rings. The van der Waals surface area contributed by atoms with Crippen molar-refractivity contribution in [3.63, 3.8) is 0 Å². The van der Waals surface area contributed by atoms with Gasteiger partial charge in [-0.25, -0.2) is 4.99 Å². The van der Waals surface area contributed by atoms with E-state index in [-0.39, 0.29) is 11.8 Å². The molecule has 0 atom stereocenters. The van der Waals surface area contributed by atoms with Gasteiger partial charge >= 0.3 is 0 Å². The van der Waals surface area contributed by atoms with Gasteiger partial charge < -0.3 is 16.4 Å². The highest BCUT2D eigenvalue weighted by molar-refractivity contribution is 8.18. The molecule has 0 unspecified atom stereocenters. The number of amidine groups is 1. The Morgan fingerprint density at radius 3 is 2.35 bits per heavy atom. The molecule has 6 nitrogen and oxygen atoms in total. The van der Waals surface area contributed by atoms with Gasteiger partial charge in [-0.2, -0.15) is 0 Å². The van der Waals surface area contributed by atoms with E-state index in [9.17, 15) is 9.59 Å². The Labute approximate surface area is 155 Å². The lowest BCUT2D eigenvalue weighted by atomic mass is 10.1. The summed E-state index contributed by atoms with van der Waals surface area (Å²) < 4.78 is 0. The molecule has 132 valence electrons. The van der Waals surface area contributed by atoms with Gasteiger partial charge in [0, 0.05) is 18.3 Å². The fraction of sp³-hybridized carbons (Fsp3) is 0.105. The number of thioether (sulfide) groups is 1. The minimum Gasteiger partial charge on any atom is -0.399 e. The Hall–Kier alpha value is -3.06. The summed E-state index contributed by atoms with van der Waals surface area (Å²) >= 11 is 1.30. The topological polar surface area (TPSA) is 96.6 Å². The molecule has 1 heterocycles. The Bertz CT molecular complexity index is 916. The molecule has 0 aliphatic carbocycles. The lowest BCUT2D eigenvalue weighted by Crippen LogP contribution is -2.19. The molecule has 0 aromatic heterocycles. The highest BCUT2D eigenvalue weighted by Crippen LogP contribution is 2.33. The number of nitrogens with one attached hydrogen (secondary N) is 2. The molecule has 0 saturated carbocycles. The maximum atomic E-state index is 12.3. The van der Waals surface area contributed by atoms with Crippen LogP contribution in [0.1, 0.15) is 19.4 Å². The number of nitrogens with two attached hydrogens (primary N) is 1. The highest BCUT2D eigenvalue weighted by Gasteiger charge is 2.26. The van der Waals surface area contributed by atoms with E-state index in [1.54, 1.807) is 24.3 Å². The van der Waals surface area contributed by atoms with Crippen molar-refractivity contribution in [2.45, 2.75) is 13.8 Å². The molecule has 3 rings (SSSR count). The molecule has 0 radical (unpaired) electrons. The van der Waals surface area contributed by atoms with Crippen LogP contribution in [0.25, 0.3) is 5.57 Å². The van der Waals surface area contributed by atoms with Crippen molar-refractivity contribution < 1.29 is 9.59 Å². The molecule has 4 N–H and O–H groups in total. The molecular weight excluding hydrogens is 348 g/mol. The van der Waals surface area contributed by atoms with Gasteiger partial charge in [0.05, 0.1) is 10.6 Å². The average molecular weight is 366 g/mol. The molecular formula is C19H18N4O2S. The minimum absolute atomic E-state index is 0.129. The first kappa shape index (κ1) is 17.8. The third-order valence-electron chi connectivity index (χ3n) is 3.73. The number of nitrogens with zero attached hydrogens (tertiary/aromatic N) is 1. The molecule has 2 amide bonds. The maximum Gasteiger partial charge on any atom is 0.264 e. The number of hydrogen-bond acceptors (Lipinski definition) is 5. The normalized spacial score (nSPS) is 17.2. The zero-order valence-corrected chi connectivity index (χ0v) is 15.2. The standard InChI is InChI=1S/C19H18N4O2S/c1-11(13-3-5-14(20)6-4-13)17-18(25)23-19(26-17)22-16-9-7-15(8-10-16)21-12(2)24/h3-10H,20H2,1-2H3,(H,21,24)(H,22,23,25)/b17-11-. The summed E-state index contributed by atoms with van der Waals surface area (Å²) in [7, 11) is 0. The summed E-state index contributed by atoms with van der Waals surface area (Å²) in [6.07, 6.45) is 0. The number of carbonyl (C=O) groups excluding carboxylic acids is 2. The molecule has 0 spiro atoms. The molecule has 7 heteroatoms. The second-order valence-electron chi connectivity index (χ2n) is 5.78. The molecule has 0 bridgehead atoms. The van der Waals surface area contributed by atoms with Gasteiger partial charge in [0.2, 0.25) is 5.91 Å². The minimum atomic E-state index is -0.169. The van der Waals surface area contributed by atoms with Crippen molar-refractivity contribution in [1.29, 1.82) is 0 Å². The van der Waals surface area contributed by atoms with Gasteiger partial charge in [-0.15, -0.1) is 0 Å². The monoisotopic (exact) mass is 366 g/mol. The number of nitrogen functional groups attached to an aromatic ring is 1. The summed E-state index contributed by atoms with van der Waals surface area (Å²) in [6, 6.07) is 14.5. The van der Waals surface area contributed by atoms with Gasteiger partial charge in [-0.1, -0.05) is 12.1 Å². The van der Waals surface area contributed by atoms with Crippen LogP contribution in [0.3, 0.4) is 0 Å². The summed E-state index contributed by atoms with van der Waals surface area (Å²) in [5.41, 5.74) is 9.59. The van der Waals surface area contributed by atoms with Gasteiger partial charge in [0.1, 0.15) is 0 Å². The summed E-state index contributed by atoms with van der Waals surface area (Å²) in [5.74, 6) is -0.298. The molecule has 2 aromatic carbocycles. The second-order valence-corrected chi connectivity index (χ2v) is 6.78. The predicted molar refractivity (Wildman–Crippen MR) is 107 cm³/mol. The molecule has 1 fully saturated rings. The number of anilines is 2. The first-order valence-electron chi connectivity index (χ1n) is 7.95. The van der Waals surface area contributed by atoms with E-state index < -0.39 is 0 Å². The smallest absolute Gasteiger partial charge is 0.264 e. The first-order chi connectivity index (χ1) is 12.4. The fourth-order valence-electron chi connectivity index (χ4n) is 2.42. The molecule has 26 heavy (non-hydrogen) atoms. The Kier molecular flexibility index (Phi) is 5.09. The van der Waals surface area contributed by atoms with Crippen molar-refractivity contribution in [2.24, 2.45) is 4.99 Å². The van der Waals surface area contributed by atoms with Crippen LogP contribution in [-0.4, -0.2) is 17.0 Å². The van der Waals surface area contributed by atoms with E-state index in [1.807, 2.05) is 31.2 Å². The Balaban J connectivity index is 1.80. The molecule has 2 aromatic rings. The molecule has 1 aliphatic heterocycles. The van der Waals surface area contributed by atoms with Gasteiger partial charge in [0.25, 0.3) is 5.91 Å². The zero-order valence-electron chi connectivity index (χ0n) is 14.4. The van der Waals surface area contributed by atoms with Crippen molar-refractivity contribution in [3.8, 4) is 0 Å². The number of allylic oxidation sites excluding steroid dienone is 1. The first-order valence-corrected chi connectivity index (χ1v) is 8.76. The third-order valence-corrected chi connectivity index (χ3v) is 4.81. The summed E-state index contributed by atoms with van der Waals surface area (Å²) in [5, 5.41) is 6.00. The van der Waals surface area contributed by atoms with Crippen molar-refractivity contribution in [2.75, 3.05) is 11.1 Å². The number of carbonyl (C=O) groups is 2. The largest absolute Gasteiger partial charge is 0.399 e. The number of amides is 2. The fourth-order valence-corrected chi connectivity index (χ4v) is 3.33. The van der Waals surface area contributed by atoms with Crippen molar-refractivity contribution >= 4 is 51.4 Å². The van der Waals surface area contributed by atoms with E-state index in [1.165, 1.54) is 18.7 Å². The Morgan fingerprint density at radius 2 is 1.73 bits per heavy atom. The van der Waals surface area contributed by atoms with Gasteiger partial charge in [-0.05, 0) is 66.2 Å². The van der Waals surface area contributed by atoms with Crippen LogP contribution in [0.4, 0.5) is 17.1 Å². The predicted octanol–water partition coefficient (Wildman–Crippen LogP) is 3.51. The van der Waals surface area contributed by atoms with E-state index in [0.29, 0.717) is 27.1 Å². The van der Waals surface area contributed by atoms with Gasteiger partial charge in [-0.3, -0.25) is 9.59 Å². The summed E-state index contributed by atoms with van der Waals surface area (Å²) in [4.78, 5) is 28.4. The van der Waals surface area contributed by atoms with Gasteiger partial charge in [0.15, 0.2) is 5.17 Å². The van der Waals surface area contributed by atoms with Crippen LogP contribution in [0, 0.1) is 0 Å². The van der Waals surface area contributed by atoms with Crippen LogP contribution in [0.15, 0.2) is 58.4 Å². The number of hydrogen-bond donors (Lipinski definition) is 3. The number of benzene rings is 2. The van der Waals surface area contributed by atoms with E-state index in [4.69, 9.17) is 5.73 Å². The van der Waals surface area contributed by atoms with Crippen LogP contribution >= 0.6 is 11.8 Å². The van der Waals surface area contributed by atoms with Crippen LogP contribution < -0.4 is 16.4 Å². The second kappa shape index (κ2) is 7.45. The summed E-state index contributed by atoms with van der Waals surface area (Å²) in [6.45, 7) is 3.36. The van der Waals surface area contributed by atoms with Crippen molar-refractivity contribution in [3.05, 3.63) is 59.0 Å². The lowest BCUT2D eigenvalue weighted by Gasteiger charge is -2.04. The quantitative estimate of drug-likeness (QED) is 0.572. The van der Waals surface area contributed by atoms with Crippen LogP contribution in [0.5, 0.6) is 0 Å². The zero-order chi connectivity index (χ0) is 18.7. The Morgan fingerprint density at radius 1 is 1.08 bits per heavy atom. The lowest BCUT2D eigenvalue weighted by molar-refractivity contribution is -0.115. The molecule has 1 saturated heterocycles. The van der Waals surface area contributed by atoms with Crippen molar-refractivity contribution in [1.82, 2.24) is 5.32 Å².